The number of ether oxygens (including phenoxy) is 3. The van der Waals surface area contributed by atoms with Gasteiger partial charge in [0, 0.05) is 0 Å². The van der Waals surface area contributed by atoms with Crippen molar-refractivity contribution in [3.8, 4) is 0 Å². The molecule has 0 bridgehead atoms. The van der Waals surface area contributed by atoms with E-state index in [0.717, 1.165) is 11.1 Å². The highest BCUT2D eigenvalue weighted by Crippen LogP contribution is 2.22. The molecule has 1 aromatic rings. The molecular weight excluding hydrogens is 284 g/mol. The third-order valence-electron chi connectivity index (χ3n) is 3.22. The van der Waals surface area contributed by atoms with Crippen LogP contribution >= 0.6 is 0 Å². The molecule has 1 aromatic carbocycles. The van der Waals surface area contributed by atoms with Crippen molar-refractivity contribution in [1.82, 2.24) is 0 Å². The van der Waals surface area contributed by atoms with E-state index in [4.69, 9.17) is 14.2 Å². The molecule has 0 unspecified atom stereocenters. The first kappa shape index (κ1) is 17.8. The molecule has 0 amide bonds. The lowest BCUT2D eigenvalue weighted by atomic mass is 9.94. The zero-order valence-electron chi connectivity index (χ0n) is 12.0. The highest BCUT2D eigenvalue weighted by atomic mass is 16.7. The van der Waals surface area contributed by atoms with E-state index in [-0.39, 0.29) is 39.6 Å². The van der Waals surface area contributed by atoms with Crippen molar-refractivity contribution in [3.05, 3.63) is 42.0 Å². The van der Waals surface area contributed by atoms with Crippen LogP contribution in [0.1, 0.15) is 25.5 Å². The fourth-order valence-electron chi connectivity index (χ4n) is 1.88. The fraction of sp³-hybridized carbons (Fsp3) is 0.412. The smallest absolute Gasteiger partial charge is 0.465 e. The molecule has 0 atom stereocenters. The predicted octanol–water partition coefficient (Wildman–Crippen LogP) is 3.22. The van der Waals surface area contributed by atoms with Gasteiger partial charge in [-0.25, -0.2) is 4.79 Å². The summed E-state index contributed by atoms with van der Waals surface area (Å²) in [5, 5.41) is 0. The Morgan fingerprint density at radius 2 is 1.91 bits per heavy atom. The van der Waals surface area contributed by atoms with E-state index < -0.39 is 11.6 Å². The maximum atomic E-state index is 11.8. The second-order valence-corrected chi connectivity index (χ2v) is 5.42. The fourth-order valence-corrected chi connectivity index (χ4v) is 1.88. The summed E-state index contributed by atoms with van der Waals surface area (Å²) in [6, 6.07) is 7.52. The average molecular weight is 306 g/mol. The summed E-state index contributed by atoms with van der Waals surface area (Å²) in [4.78, 5) is 22.6. The van der Waals surface area contributed by atoms with Gasteiger partial charge in [-0.05, 0) is 18.1 Å². The third-order valence-corrected chi connectivity index (χ3v) is 3.22. The van der Waals surface area contributed by atoms with Crippen LogP contribution < -0.4 is 0 Å². The lowest BCUT2D eigenvalue weighted by molar-refractivity contribution is -0.151. The Balaban J connectivity index is 0.00000242. The van der Waals surface area contributed by atoms with Crippen molar-refractivity contribution in [2.75, 3.05) is 19.8 Å². The van der Waals surface area contributed by atoms with Crippen molar-refractivity contribution in [3.63, 3.8) is 0 Å². The summed E-state index contributed by atoms with van der Waals surface area (Å²) in [7, 11) is 0. The molecule has 1 aliphatic rings. The van der Waals surface area contributed by atoms with Gasteiger partial charge in [0.25, 0.3) is 0 Å². The normalized spacial score (nSPS) is 15.8. The molecule has 5 nitrogen and oxygen atoms in total. The number of hydrogen-bond acceptors (Lipinski definition) is 5. The van der Waals surface area contributed by atoms with Gasteiger partial charge in [0.15, 0.2) is 0 Å². The first-order valence-electron chi connectivity index (χ1n) is 6.67. The van der Waals surface area contributed by atoms with Gasteiger partial charge in [-0.1, -0.05) is 44.3 Å². The van der Waals surface area contributed by atoms with Crippen LogP contribution in [-0.2, 0) is 25.4 Å². The van der Waals surface area contributed by atoms with Crippen LogP contribution in [0.15, 0.2) is 30.8 Å². The highest BCUT2D eigenvalue weighted by Gasteiger charge is 2.34. The minimum Gasteiger partial charge on any atom is -0.465 e. The minimum atomic E-state index is -0.680. The van der Waals surface area contributed by atoms with E-state index in [9.17, 15) is 9.59 Å². The first-order chi connectivity index (χ1) is 10.0. The van der Waals surface area contributed by atoms with Gasteiger partial charge in [-0.15, -0.1) is 0 Å². The number of carbonyl (C=O) groups is 2. The van der Waals surface area contributed by atoms with Crippen LogP contribution in [0.4, 0.5) is 4.79 Å². The van der Waals surface area contributed by atoms with Crippen LogP contribution in [0.5, 0.6) is 0 Å². The minimum absolute atomic E-state index is 0. The SMILES string of the molecule is C.C=Cc1ccc(CC(=O)OCC2(C)COC(=O)OC2)cc1. The Kier molecular flexibility index (Phi) is 6.16. The molecule has 1 heterocycles. The lowest BCUT2D eigenvalue weighted by Crippen LogP contribution is -2.41. The molecule has 0 saturated carbocycles. The molecule has 0 spiro atoms. The van der Waals surface area contributed by atoms with Gasteiger partial charge in [-0.3, -0.25) is 4.79 Å². The standard InChI is InChI=1S/C16H18O5.CH4/c1-3-12-4-6-13(7-5-12)8-14(17)19-9-16(2)10-20-15(18)21-11-16;/h3-7H,1,8-11H2,2H3;1H4. The van der Waals surface area contributed by atoms with Crippen molar-refractivity contribution in [2.24, 2.45) is 5.41 Å². The molecule has 22 heavy (non-hydrogen) atoms. The molecule has 1 saturated heterocycles. The molecule has 1 aliphatic heterocycles. The number of benzene rings is 1. The van der Waals surface area contributed by atoms with Crippen LogP contribution in [0.3, 0.4) is 0 Å². The second-order valence-electron chi connectivity index (χ2n) is 5.42. The number of cyclic esters (lactones) is 2. The lowest BCUT2D eigenvalue weighted by Gasteiger charge is -2.31. The quantitative estimate of drug-likeness (QED) is 0.782. The predicted molar refractivity (Wildman–Crippen MR) is 83.3 cm³/mol. The van der Waals surface area contributed by atoms with Crippen molar-refractivity contribution < 1.29 is 23.8 Å². The highest BCUT2D eigenvalue weighted by molar-refractivity contribution is 5.72. The molecular formula is C17H22O5. The third kappa shape index (κ3) is 4.91. The number of carbonyl (C=O) groups excluding carboxylic acids is 2. The van der Waals surface area contributed by atoms with Gasteiger partial charge in [0.05, 0.1) is 11.8 Å². The molecule has 0 aromatic heterocycles. The molecule has 5 heteroatoms. The van der Waals surface area contributed by atoms with E-state index in [1.807, 2.05) is 31.2 Å². The van der Waals surface area contributed by atoms with Crippen molar-refractivity contribution in [2.45, 2.75) is 20.8 Å². The Bertz CT molecular complexity index is 522. The monoisotopic (exact) mass is 306 g/mol. The summed E-state index contributed by atoms with van der Waals surface area (Å²) in [6.45, 7) is 6.05. The summed E-state index contributed by atoms with van der Waals surface area (Å²) < 4.78 is 14.9. The van der Waals surface area contributed by atoms with Gasteiger partial charge in [0.1, 0.15) is 19.8 Å². The summed E-state index contributed by atoms with van der Waals surface area (Å²) in [5.41, 5.74) is 1.39. The van der Waals surface area contributed by atoms with E-state index in [2.05, 4.69) is 6.58 Å². The molecule has 0 N–H and O–H groups in total. The number of rotatable bonds is 5. The van der Waals surface area contributed by atoms with E-state index in [1.165, 1.54) is 0 Å². The van der Waals surface area contributed by atoms with Crippen LogP contribution in [0, 0.1) is 5.41 Å². The second kappa shape index (κ2) is 7.64. The molecule has 120 valence electrons. The van der Waals surface area contributed by atoms with Gasteiger partial charge in [-0.2, -0.15) is 0 Å². The van der Waals surface area contributed by atoms with Crippen LogP contribution in [-0.4, -0.2) is 31.9 Å². The molecule has 0 aliphatic carbocycles. The summed E-state index contributed by atoms with van der Waals surface area (Å²) in [5.74, 6) is -0.320. The largest absolute Gasteiger partial charge is 0.508 e. The average Bonchev–Trinajstić information content (AvgIpc) is 2.50. The van der Waals surface area contributed by atoms with E-state index in [0.29, 0.717) is 0 Å². The number of esters is 1. The van der Waals surface area contributed by atoms with Crippen molar-refractivity contribution in [1.29, 1.82) is 0 Å². The van der Waals surface area contributed by atoms with Crippen LogP contribution in [0.2, 0.25) is 0 Å². The zero-order chi connectivity index (χ0) is 15.3. The Labute approximate surface area is 130 Å². The number of hydrogen-bond donors (Lipinski definition) is 0. The van der Waals surface area contributed by atoms with Gasteiger partial charge < -0.3 is 14.2 Å². The Hall–Kier alpha value is -2.30. The molecule has 2 rings (SSSR count). The van der Waals surface area contributed by atoms with E-state index >= 15 is 0 Å². The van der Waals surface area contributed by atoms with E-state index in [1.54, 1.807) is 6.08 Å². The summed E-state index contributed by atoms with van der Waals surface area (Å²) in [6.07, 6.45) is 1.27. The Morgan fingerprint density at radius 3 is 2.45 bits per heavy atom. The maximum absolute atomic E-state index is 11.8. The van der Waals surface area contributed by atoms with Crippen molar-refractivity contribution >= 4 is 18.2 Å². The van der Waals surface area contributed by atoms with Gasteiger partial charge in [0.2, 0.25) is 0 Å². The topological polar surface area (TPSA) is 61.8 Å². The Morgan fingerprint density at radius 1 is 1.32 bits per heavy atom. The maximum Gasteiger partial charge on any atom is 0.508 e. The van der Waals surface area contributed by atoms with Gasteiger partial charge >= 0.3 is 12.1 Å². The van der Waals surface area contributed by atoms with Crippen LogP contribution in [0.25, 0.3) is 6.08 Å². The first-order valence-corrected chi connectivity index (χ1v) is 6.67. The molecule has 1 fully saturated rings. The molecule has 0 radical (unpaired) electrons. The summed E-state index contributed by atoms with van der Waals surface area (Å²) >= 11 is 0. The zero-order valence-corrected chi connectivity index (χ0v) is 12.0.